The van der Waals surface area contributed by atoms with Crippen LogP contribution in [-0.4, -0.2) is 29.7 Å². The second-order valence-corrected chi connectivity index (χ2v) is 4.09. The Morgan fingerprint density at radius 1 is 1.11 bits per heavy atom. The average Bonchev–Trinajstić information content (AvgIpc) is 2.14. The lowest BCUT2D eigenvalue weighted by molar-refractivity contribution is -0.355. The fourth-order valence-electron chi connectivity index (χ4n) is 0.842. The molecular formula is C8H9F7O2S. The molecule has 0 aliphatic heterocycles. The van der Waals surface area contributed by atoms with E-state index in [-0.39, 0.29) is 5.75 Å². The van der Waals surface area contributed by atoms with Gasteiger partial charge in [-0.1, -0.05) is 0 Å². The molecule has 0 rings (SSSR count). The second-order valence-electron chi connectivity index (χ2n) is 3.28. The fraction of sp³-hybridized carbons (Fsp3) is 0.875. The van der Waals surface area contributed by atoms with Crippen LogP contribution in [0.5, 0.6) is 0 Å². The van der Waals surface area contributed by atoms with Crippen LogP contribution in [0.4, 0.5) is 30.7 Å². The van der Waals surface area contributed by atoms with E-state index in [4.69, 9.17) is 0 Å². The van der Waals surface area contributed by atoms with Crippen LogP contribution in [0.15, 0.2) is 0 Å². The zero-order chi connectivity index (χ0) is 14.6. The maximum absolute atomic E-state index is 12.7. The van der Waals surface area contributed by atoms with Gasteiger partial charge in [-0.2, -0.15) is 30.7 Å². The van der Waals surface area contributed by atoms with Crippen LogP contribution in [0.25, 0.3) is 0 Å². The molecule has 0 aliphatic carbocycles. The monoisotopic (exact) mass is 302 g/mol. The molecule has 0 amide bonds. The zero-order valence-corrected chi connectivity index (χ0v) is 9.81. The van der Waals surface area contributed by atoms with Crippen molar-refractivity contribution in [3.63, 3.8) is 0 Å². The Morgan fingerprint density at radius 3 is 2.00 bits per heavy atom. The lowest BCUT2D eigenvalue weighted by atomic mass is 10.1. The fourth-order valence-corrected chi connectivity index (χ4v) is 1.35. The van der Waals surface area contributed by atoms with Gasteiger partial charge in [0, 0.05) is 19.1 Å². The first-order valence-electron chi connectivity index (χ1n) is 4.54. The summed E-state index contributed by atoms with van der Waals surface area (Å²) in [6, 6.07) is 0. The summed E-state index contributed by atoms with van der Waals surface area (Å²) in [6.45, 7) is 1.03. The molecule has 0 aromatic carbocycles. The van der Waals surface area contributed by atoms with Crippen molar-refractivity contribution in [1.82, 2.24) is 0 Å². The molecule has 108 valence electrons. The Kier molecular flexibility index (Phi) is 5.76. The molecule has 0 aliphatic rings. The van der Waals surface area contributed by atoms with E-state index in [1.54, 1.807) is 0 Å². The van der Waals surface area contributed by atoms with Gasteiger partial charge in [0.2, 0.25) is 0 Å². The summed E-state index contributed by atoms with van der Waals surface area (Å²) >= 11 is 0.411. The first kappa shape index (κ1) is 17.3. The van der Waals surface area contributed by atoms with Gasteiger partial charge in [-0.05, 0) is 6.42 Å². The largest absolute Gasteiger partial charge is 0.459 e. The summed E-state index contributed by atoms with van der Waals surface area (Å²) in [6.07, 6.45) is -8.62. The second kappa shape index (κ2) is 5.98. The van der Waals surface area contributed by atoms with E-state index >= 15 is 0 Å². The van der Waals surface area contributed by atoms with E-state index in [0.717, 1.165) is 6.92 Å². The smallest absolute Gasteiger partial charge is 0.392 e. The van der Waals surface area contributed by atoms with Gasteiger partial charge in [0.05, 0.1) is 12.0 Å². The molecule has 0 spiro atoms. The van der Waals surface area contributed by atoms with Crippen molar-refractivity contribution in [1.29, 1.82) is 0 Å². The van der Waals surface area contributed by atoms with Gasteiger partial charge in [-0.3, -0.25) is 4.79 Å². The Hall–Kier alpha value is -0.670. The highest BCUT2D eigenvalue weighted by atomic mass is 32.2. The predicted octanol–water partition coefficient (Wildman–Crippen LogP) is 3.81. The molecule has 0 fully saturated rings. The van der Waals surface area contributed by atoms with Crippen LogP contribution < -0.4 is 0 Å². The standard InChI is InChI=1S/C8H9F7O2S/c1-5(16)17-18-4-2-3-6(9,10)7(11,12)8(13,14)15/h2-4H2,1H3. The summed E-state index contributed by atoms with van der Waals surface area (Å²) in [4.78, 5) is 10.2. The predicted molar refractivity (Wildman–Crippen MR) is 49.4 cm³/mol. The third-order valence-corrected chi connectivity index (χ3v) is 2.52. The van der Waals surface area contributed by atoms with Crippen molar-refractivity contribution >= 4 is 18.0 Å². The summed E-state index contributed by atoms with van der Waals surface area (Å²) in [5.41, 5.74) is 0. The van der Waals surface area contributed by atoms with Gasteiger partial charge in [-0.25, -0.2) is 0 Å². The highest BCUT2D eigenvalue weighted by Crippen LogP contribution is 2.48. The molecule has 0 unspecified atom stereocenters. The molecule has 0 atom stereocenters. The maximum Gasteiger partial charge on any atom is 0.459 e. The van der Waals surface area contributed by atoms with E-state index in [2.05, 4.69) is 4.18 Å². The van der Waals surface area contributed by atoms with Gasteiger partial charge in [0.1, 0.15) is 0 Å². The number of hydrogen-bond acceptors (Lipinski definition) is 3. The highest BCUT2D eigenvalue weighted by Gasteiger charge is 2.72. The van der Waals surface area contributed by atoms with E-state index in [1.807, 2.05) is 0 Å². The molecule has 0 bridgehead atoms. The number of carbonyl (C=O) groups is 1. The van der Waals surface area contributed by atoms with Crippen molar-refractivity contribution in [2.45, 2.75) is 37.8 Å². The quantitative estimate of drug-likeness (QED) is 0.424. The van der Waals surface area contributed by atoms with Crippen molar-refractivity contribution in [2.24, 2.45) is 0 Å². The summed E-state index contributed by atoms with van der Waals surface area (Å²) in [7, 11) is 0. The molecule has 10 heteroatoms. The van der Waals surface area contributed by atoms with Gasteiger partial charge in [0.25, 0.3) is 0 Å². The normalized spacial score (nSPS) is 13.6. The van der Waals surface area contributed by atoms with Gasteiger partial charge in [-0.15, -0.1) is 0 Å². The van der Waals surface area contributed by atoms with Crippen molar-refractivity contribution in [2.75, 3.05) is 5.75 Å². The maximum atomic E-state index is 12.7. The minimum Gasteiger partial charge on any atom is -0.392 e. The molecule has 18 heavy (non-hydrogen) atoms. The molecule has 0 saturated carbocycles. The SMILES string of the molecule is CC(=O)OSCCCC(F)(F)C(F)(F)C(F)(F)F. The Bertz CT molecular complexity index is 290. The topological polar surface area (TPSA) is 26.3 Å². The third-order valence-electron chi connectivity index (χ3n) is 1.71. The lowest BCUT2D eigenvalue weighted by Gasteiger charge is -2.28. The Balaban J connectivity index is 4.27. The zero-order valence-electron chi connectivity index (χ0n) is 8.99. The Labute approximate surface area is 102 Å². The van der Waals surface area contributed by atoms with Crippen LogP contribution in [0.2, 0.25) is 0 Å². The van der Waals surface area contributed by atoms with Crippen LogP contribution >= 0.6 is 12.0 Å². The number of hydrogen-bond donors (Lipinski definition) is 0. The van der Waals surface area contributed by atoms with Crippen LogP contribution in [0.3, 0.4) is 0 Å². The van der Waals surface area contributed by atoms with E-state index in [1.165, 1.54) is 0 Å². The van der Waals surface area contributed by atoms with Gasteiger partial charge < -0.3 is 4.18 Å². The van der Waals surface area contributed by atoms with Crippen LogP contribution in [-0.2, 0) is 8.98 Å². The third kappa shape index (κ3) is 4.54. The summed E-state index contributed by atoms with van der Waals surface area (Å²) < 4.78 is 89.5. The first-order valence-corrected chi connectivity index (χ1v) is 5.45. The Morgan fingerprint density at radius 2 is 1.61 bits per heavy atom. The highest BCUT2D eigenvalue weighted by molar-refractivity contribution is 7.95. The molecule has 2 nitrogen and oxygen atoms in total. The van der Waals surface area contributed by atoms with E-state index in [0.29, 0.717) is 12.0 Å². The van der Waals surface area contributed by atoms with E-state index < -0.39 is 36.8 Å². The number of alkyl halides is 7. The molecular weight excluding hydrogens is 293 g/mol. The number of halogens is 7. The van der Waals surface area contributed by atoms with E-state index in [9.17, 15) is 35.5 Å². The minimum absolute atomic E-state index is 0.302. The van der Waals surface area contributed by atoms with Gasteiger partial charge >= 0.3 is 24.0 Å². The van der Waals surface area contributed by atoms with Crippen molar-refractivity contribution < 1.29 is 39.7 Å². The summed E-state index contributed by atoms with van der Waals surface area (Å²) in [5, 5.41) is 0. The van der Waals surface area contributed by atoms with Gasteiger partial charge in [0.15, 0.2) is 0 Å². The number of carbonyl (C=O) groups excluding carboxylic acids is 1. The molecule has 0 aromatic heterocycles. The molecule has 0 aromatic rings. The van der Waals surface area contributed by atoms with Crippen molar-refractivity contribution in [3.05, 3.63) is 0 Å². The van der Waals surface area contributed by atoms with Crippen LogP contribution in [0, 0.1) is 0 Å². The number of rotatable bonds is 6. The molecule has 0 heterocycles. The lowest BCUT2D eigenvalue weighted by Crippen LogP contribution is -2.51. The summed E-state index contributed by atoms with van der Waals surface area (Å²) in [5.74, 6) is -12.3. The molecule has 0 saturated heterocycles. The minimum atomic E-state index is -6.31. The van der Waals surface area contributed by atoms with Crippen LogP contribution in [0.1, 0.15) is 19.8 Å². The van der Waals surface area contributed by atoms with Crippen molar-refractivity contribution in [3.8, 4) is 0 Å². The first-order chi connectivity index (χ1) is 7.92. The molecule has 0 N–H and O–H groups in total. The average molecular weight is 302 g/mol. The molecule has 0 radical (unpaired) electrons.